The van der Waals surface area contributed by atoms with Crippen LogP contribution in [0.25, 0.3) is 6.08 Å². The molecule has 0 aliphatic carbocycles. The van der Waals surface area contributed by atoms with E-state index in [4.69, 9.17) is 17.3 Å². The summed E-state index contributed by atoms with van der Waals surface area (Å²) in [6.07, 6.45) is 2.42. The van der Waals surface area contributed by atoms with Crippen molar-refractivity contribution in [2.75, 3.05) is 13.1 Å². The van der Waals surface area contributed by atoms with Crippen LogP contribution in [-0.4, -0.2) is 31.9 Å². The van der Waals surface area contributed by atoms with Crippen LogP contribution in [0.5, 0.6) is 0 Å². The zero-order valence-electron chi connectivity index (χ0n) is 11.4. The molecule has 1 aromatic rings. The van der Waals surface area contributed by atoms with Crippen LogP contribution in [0.3, 0.4) is 0 Å². The topological polar surface area (TPSA) is 63.4 Å². The van der Waals surface area contributed by atoms with Crippen molar-refractivity contribution < 1.29 is 8.42 Å². The lowest BCUT2D eigenvalue weighted by molar-refractivity contribution is 0.411. The molecule has 2 atom stereocenters. The molecule has 20 heavy (non-hydrogen) atoms. The molecule has 1 aliphatic rings. The Bertz CT molecular complexity index is 584. The second kappa shape index (κ2) is 6.26. The van der Waals surface area contributed by atoms with E-state index in [1.807, 2.05) is 6.92 Å². The maximum atomic E-state index is 12.3. The molecule has 0 radical (unpaired) electrons. The average Bonchev–Trinajstić information content (AvgIpc) is 2.80. The Morgan fingerprint density at radius 3 is 2.60 bits per heavy atom. The van der Waals surface area contributed by atoms with Gasteiger partial charge in [-0.2, -0.15) is 4.31 Å². The summed E-state index contributed by atoms with van der Waals surface area (Å²) < 4.78 is 26.2. The lowest BCUT2D eigenvalue weighted by Crippen LogP contribution is -2.32. The first kappa shape index (κ1) is 15.5. The first-order chi connectivity index (χ1) is 9.42. The van der Waals surface area contributed by atoms with Gasteiger partial charge in [-0.3, -0.25) is 0 Å². The molecule has 2 N–H and O–H groups in total. The minimum atomic E-state index is -3.40. The summed E-state index contributed by atoms with van der Waals surface area (Å²) in [6, 6.07) is 7.03. The van der Waals surface area contributed by atoms with Crippen molar-refractivity contribution in [2.24, 2.45) is 11.7 Å². The van der Waals surface area contributed by atoms with Crippen LogP contribution >= 0.6 is 11.6 Å². The Kier molecular flexibility index (Phi) is 4.86. The normalized spacial score (nSPS) is 24.6. The van der Waals surface area contributed by atoms with Gasteiger partial charge >= 0.3 is 0 Å². The van der Waals surface area contributed by atoms with Gasteiger partial charge in [-0.1, -0.05) is 23.7 Å². The Morgan fingerprint density at radius 1 is 1.40 bits per heavy atom. The van der Waals surface area contributed by atoms with Crippen LogP contribution in [0.2, 0.25) is 5.02 Å². The van der Waals surface area contributed by atoms with E-state index in [2.05, 4.69) is 0 Å². The quantitative estimate of drug-likeness (QED) is 0.927. The molecule has 0 saturated carbocycles. The van der Waals surface area contributed by atoms with Crippen molar-refractivity contribution in [3.05, 3.63) is 40.3 Å². The van der Waals surface area contributed by atoms with Gasteiger partial charge in [0.2, 0.25) is 10.0 Å². The molecule has 1 aromatic carbocycles. The molecule has 1 fully saturated rings. The molecule has 4 nitrogen and oxygen atoms in total. The highest BCUT2D eigenvalue weighted by molar-refractivity contribution is 7.92. The highest BCUT2D eigenvalue weighted by atomic mass is 35.5. The fourth-order valence-corrected chi connectivity index (χ4v) is 4.07. The maximum absolute atomic E-state index is 12.3. The Labute approximate surface area is 125 Å². The van der Waals surface area contributed by atoms with Gasteiger partial charge in [-0.25, -0.2) is 8.42 Å². The Morgan fingerprint density at radius 2 is 2.05 bits per heavy atom. The largest absolute Gasteiger partial charge is 0.330 e. The van der Waals surface area contributed by atoms with Crippen LogP contribution in [0.4, 0.5) is 0 Å². The minimum absolute atomic E-state index is 0.00316. The van der Waals surface area contributed by atoms with Gasteiger partial charge < -0.3 is 5.73 Å². The van der Waals surface area contributed by atoms with E-state index < -0.39 is 10.0 Å². The van der Waals surface area contributed by atoms with Crippen molar-refractivity contribution >= 4 is 27.7 Å². The number of nitrogens with zero attached hydrogens (tertiary/aromatic N) is 1. The first-order valence-corrected chi connectivity index (χ1v) is 8.46. The van der Waals surface area contributed by atoms with Crippen LogP contribution in [0.15, 0.2) is 29.7 Å². The van der Waals surface area contributed by atoms with Gasteiger partial charge in [0.25, 0.3) is 0 Å². The molecule has 2 unspecified atom stereocenters. The van der Waals surface area contributed by atoms with Crippen molar-refractivity contribution in [3.63, 3.8) is 0 Å². The number of hydrogen-bond donors (Lipinski definition) is 1. The number of halogens is 1. The third-order valence-corrected chi connectivity index (χ3v) is 5.46. The van der Waals surface area contributed by atoms with Crippen LogP contribution in [0.1, 0.15) is 18.9 Å². The van der Waals surface area contributed by atoms with Crippen molar-refractivity contribution in [1.82, 2.24) is 4.31 Å². The minimum Gasteiger partial charge on any atom is -0.330 e. The Balaban J connectivity index is 2.13. The van der Waals surface area contributed by atoms with E-state index in [-0.39, 0.29) is 12.0 Å². The smallest absolute Gasteiger partial charge is 0.236 e. The highest BCUT2D eigenvalue weighted by Gasteiger charge is 2.34. The number of nitrogens with two attached hydrogens (primary N) is 1. The van der Waals surface area contributed by atoms with Gasteiger partial charge in [0.1, 0.15) is 0 Å². The fourth-order valence-electron chi connectivity index (χ4n) is 2.45. The second-order valence-corrected chi connectivity index (χ2v) is 7.36. The molecule has 0 amide bonds. The fraction of sp³-hybridized carbons (Fsp3) is 0.429. The van der Waals surface area contributed by atoms with Gasteiger partial charge in [-0.05, 0) is 49.6 Å². The second-order valence-electron chi connectivity index (χ2n) is 5.16. The van der Waals surface area contributed by atoms with Crippen LogP contribution in [-0.2, 0) is 10.0 Å². The Hall–Kier alpha value is -0.880. The van der Waals surface area contributed by atoms with Crippen LogP contribution < -0.4 is 5.73 Å². The van der Waals surface area contributed by atoms with Crippen molar-refractivity contribution in [2.45, 2.75) is 19.4 Å². The zero-order valence-corrected chi connectivity index (χ0v) is 12.9. The highest BCUT2D eigenvalue weighted by Crippen LogP contribution is 2.26. The molecule has 110 valence electrons. The van der Waals surface area contributed by atoms with Crippen molar-refractivity contribution in [1.29, 1.82) is 0 Å². The maximum Gasteiger partial charge on any atom is 0.236 e. The summed E-state index contributed by atoms with van der Waals surface area (Å²) in [5.74, 6) is 0.253. The third-order valence-electron chi connectivity index (χ3n) is 3.57. The monoisotopic (exact) mass is 314 g/mol. The molecule has 0 bridgehead atoms. The van der Waals surface area contributed by atoms with Crippen molar-refractivity contribution in [3.8, 4) is 0 Å². The van der Waals surface area contributed by atoms with Gasteiger partial charge in [-0.15, -0.1) is 0 Å². The van der Waals surface area contributed by atoms with E-state index in [0.29, 0.717) is 18.1 Å². The number of rotatable bonds is 4. The van der Waals surface area contributed by atoms with Crippen LogP contribution in [0, 0.1) is 5.92 Å². The molecule has 6 heteroatoms. The number of sulfonamides is 1. The summed E-state index contributed by atoms with van der Waals surface area (Å²) in [7, 11) is -3.40. The van der Waals surface area contributed by atoms with Gasteiger partial charge in [0.05, 0.1) is 0 Å². The molecular weight excluding hydrogens is 296 g/mol. The predicted octanol–water partition coefficient (Wildman–Crippen LogP) is 2.31. The number of hydrogen-bond acceptors (Lipinski definition) is 3. The standard InChI is InChI=1S/C14H19ClN2O2S/c1-11-8-13(9-16)10-17(11)20(18,19)7-6-12-2-4-14(15)5-3-12/h2-7,11,13H,8-10,16H2,1H3/b7-6+. The summed E-state index contributed by atoms with van der Waals surface area (Å²) in [6.45, 7) is 2.95. The van der Waals surface area contributed by atoms with Gasteiger partial charge in [0.15, 0.2) is 0 Å². The molecule has 2 rings (SSSR count). The SMILES string of the molecule is CC1CC(CN)CN1S(=O)(=O)/C=C/c1ccc(Cl)cc1. The first-order valence-electron chi connectivity index (χ1n) is 6.58. The lowest BCUT2D eigenvalue weighted by atomic mass is 10.1. The molecule has 0 spiro atoms. The summed E-state index contributed by atoms with van der Waals surface area (Å²) >= 11 is 5.79. The average molecular weight is 315 g/mol. The van der Waals surface area contributed by atoms with E-state index in [1.165, 1.54) is 9.71 Å². The molecular formula is C14H19ClN2O2S. The molecule has 1 heterocycles. The summed E-state index contributed by atoms with van der Waals surface area (Å²) in [5.41, 5.74) is 6.43. The van der Waals surface area contributed by atoms with E-state index in [0.717, 1.165) is 12.0 Å². The third kappa shape index (κ3) is 3.61. The molecule has 1 saturated heterocycles. The lowest BCUT2D eigenvalue weighted by Gasteiger charge is -2.18. The number of benzene rings is 1. The predicted molar refractivity (Wildman–Crippen MR) is 82.7 cm³/mol. The van der Waals surface area contributed by atoms with E-state index >= 15 is 0 Å². The summed E-state index contributed by atoms with van der Waals surface area (Å²) in [4.78, 5) is 0. The molecule has 0 aromatic heterocycles. The molecule has 1 aliphatic heterocycles. The summed E-state index contributed by atoms with van der Waals surface area (Å²) in [5, 5.41) is 1.88. The zero-order chi connectivity index (χ0) is 14.8. The van der Waals surface area contributed by atoms with E-state index in [9.17, 15) is 8.42 Å². The van der Waals surface area contributed by atoms with E-state index in [1.54, 1.807) is 30.3 Å². The van der Waals surface area contributed by atoms with Gasteiger partial charge in [0, 0.05) is 23.0 Å².